The first-order valence-electron chi connectivity index (χ1n) is 10.3. The second-order valence-corrected chi connectivity index (χ2v) is 7.94. The molecule has 158 valence electrons. The van der Waals surface area contributed by atoms with E-state index in [1.807, 2.05) is 55.1 Å². The number of nitrogens with two attached hydrogens (primary N) is 1. The summed E-state index contributed by atoms with van der Waals surface area (Å²) in [4.78, 5) is 13.0. The first-order valence-corrected chi connectivity index (χ1v) is 10.3. The van der Waals surface area contributed by atoms with Gasteiger partial charge in [0.05, 0.1) is 18.2 Å². The molecule has 0 saturated carbocycles. The zero-order valence-corrected chi connectivity index (χ0v) is 18.2. The number of carbonyl (C=O) groups excluding carboxylic acids is 1. The lowest BCUT2D eigenvalue weighted by Gasteiger charge is -2.28. The van der Waals surface area contributed by atoms with Gasteiger partial charge in [0.15, 0.2) is 0 Å². The number of aryl methyl sites for hydroxylation is 2. The molecule has 0 fully saturated rings. The molecule has 0 aliphatic heterocycles. The number of anilines is 1. The number of nitrogens with zero attached hydrogens (tertiary/aromatic N) is 2. The van der Waals surface area contributed by atoms with Gasteiger partial charge in [-0.3, -0.25) is 4.79 Å². The SMILES string of the molecule is Cc1cnn(C2CCCc3ccccc32)c1NC(=O)C(C)C(N)c1ccccc1.Cl. The number of hydrogen-bond donors (Lipinski definition) is 2. The highest BCUT2D eigenvalue weighted by molar-refractivity contribution is 5.92. The van der Waals surface area contributed by atoms with Crippen LogP contribution in [0.3, 0.4) is 0 Å². The minimum atomic E-state index is -0.362. The average molecular weight is 425 g/mol. The number of aromatic nitrogens is 2. The number of carbonyl (C=O) groups is 1. The van der Waals surface area contributed by atoms with Crippen molar-refractivity contribution in [1.29, 1.82) is 0 Å². The second-order valence-electron chi connectivity index (χ2n) is 7.94. The van der Waals surface area contributed by atoms with Crippen LogP contribution >= 0.6 is 12.4 Å². The topological polar surface area (TPSA) is 72.9 Å². The van der Waals surface area contributed by atoms with E-state index in [1.54, 1.807) is 0 Å². The number of amides is 1. The number of rotatable bonds is 5. The van der Waals surface area contributed by atoms with Gasteiger partial charge in [-0.15, -0.1) is 12.4 Å². The summed E-state index contributed by atoms with van der Waals surface area (Å²) in [6.45, 7) is 3.86. The quantitative estimate of drug-likeness (QED) is 0.617. The summed E-state index contributed by atoms with van der Waals surface area (Å²) in [6.07, 6.45) is 5.05. The van der Waals surface area contributed by atoms with Crippen LogP contribution in [0.5, 0.6) is 0 Å². The van der Waals surface area contributed by atoms with Crippen LogP contribution in [0.2, 0.25) is 0 Å². The Balaban J connectivity index is 0.00000256. The summed E-state index contributed by atoms with van der Waals surface area (Å²) >= 11 is 0. The number of halogens is 1. The van der Waals surface area contributed by atoms with Crippen molar-refractivity contribution in [3.05, 3.63) is 83.0 Å². The van der Waals surface area contributed by atoms with Crippen molar-refractivity contribution in [2.24, 2.45) is 11.7 Å². The van der Waals surface area contributed by atoms with Crippen molar-refractivity contribution in [1.82, 2.24) is 9.78 Å². The van der Waals surface area contributed by atoms with Crippen molar-refractivity contribution in [3.8, 4) is 0 Å². The highest BCUT2D eigenvalue weighted by Crippen LogP contribution is 2.35. The maximum atomic E-state index is 13.0. The Bertz CT molecular complexity index is 1000. The zero-order valence-electron chi connectivity index (χ0n) is 17.4. The Morgan fingerprint density at radius 3 is 2.63 bits per heavy atom. The molecular weight excluding hydrogens is 396 g/mol. The van der Waals surface area contributed by atoms with E-state index < -0.39 is 0 Å². The Labute approximate surface area is 184 Å². The Morgan fingerprint density at radius 1 is 1.17 bits per heavy atom. The van der Waals surface area contributed by atoms with E-state index >= 15 is 0 Å². The zero-order chi connectivity index (χ0) is 20.4. The largest absolute Gasteiger partial charge is 0.323 e. The summed E-state index contributed by atoms with van der Waals surface area (Å²) in [5.41, 5.74) is 11.0. The molecule has 3 unspecified atom stereocenters. The minimum Gasteiger partial charge on any atom is -0.323 e. The lowest BCUT2D eigenvalue weighted by molar-refractivity contribution is -0.120. The Morgan fingerprint density at radius 2 is 1.87 bits per heavy atom. The Kier molecular flexibility index (Phi) is 6.95. The fourth-order valence-corrected chi connectivity index (χ4v) is 4.18. The fourth-order valence-electron chi connectivity index (χ4n) is 4.18. The predicted molar refractivity (Wildman–Crippen MR) is 123 cm³/mol. The second kappa shape index (κ2) is 9.45. The van der Waals surface area contributed by atoms with Gasteiger partial charge in [-0.25, -0.2) is 4.68 Å². The van der Waals surface area contributed by atoms with E-state index in [0.717, 1.165) is 36.2 Å². The van der Waals surface area contributed by atoms with Gasteiger partial charge in [-0.05, 0) is 42.9 Å². The van der Waals surface area contributed by atoms with Crippen LogP contribution in [0, 0.1) is 12.8 Å². The molecule has 3 atom stereocenters. The number of hydrogen-bond acceptors (Lipinski definition) is 3. The molecule has 1 amide bonds. The third-order valence-corrected chi connectivity index (χ3v) is 5.99. The highest BCUT2D eigenvalue weighted by atomic mass is 35.5. The smallest absolute Gasteiger partial charge is 0.230 e. The molecule has 1 heterocycles. The van der Waals surface area contributed by atoms with E-state index in [2.05, 4.69) is 34.7 Å². The summed E-state index contributed by atoms with van der Waals surface area (Å²) in [5.74, 6) is 0.318. The first kappa shape index (κ1) is 22.1. The van der Waals surface area contributed by atoms with E-state index in [1.165, 1.54) is 11.1 Å². The van der Waals surface area contributed by atoms with E-state index in [-0.39, 0.29) is 36.3 Å². The molecule has 1 aromatic heterocycles. The van der Waals surface area contributed by atoms with E-state index in [9.17, 15) is 4.79 Å². The molecule has 1 aliphatic carbocycles. The van der Waals surface area contributed by atoms with Crippen molar-refractivity contribution in [3.63, 3.8) is 0 Å². The van der Waals surface area contributed by atoms with E-state index in [0.29, 0.717) is 0 Å². The molecule has 3 aromatic rings. The van der Waals surface area contributed by atoms with Crippen molar-refractivity contribution < 1.29 is 4.79 Å². The van der Waals surface area contributed by atoms with Crippen molar-refractivity contribution in [2.45, 2.75) is 45.2 Å². The van der Waals surface area contributed by atoms with Crippen LogP contribution in [-0.4, -0.2) is 15.7 Å². The third-order valence-electron chi connectivity index (χ3n) is 5.99. The molecular formula is C24H29ClN4O. The molecule has 3 N–H and O–H groups in total. The fraction of sp³-hybridized carbons (Fsp3) is 0.333. The van der Waals surface area contributed by atoms with Crippen LogP contribution < -0.4 is 11.1 Å². The van der Waals surface area contributed by atoms with Crippen LogP contribution in [0.4, 0.5) is 5.82 Å². The first-order chi connectivity index (χ1) is 14.1. The van der Waals surface area contributed by atoms with Gasteiger partial charge in [-0.1, -0.05) is 61.5 Å². The number of nitrogens with one attached hydrogen (secondary N) is 1. The molecule has 0 radical (unpaired) electrons. The highest BCUT2D eigenvalue weighted by Gasteiger charge is 2.27. The molecule has 0 spiro atoms. The molecule has 6 heteroatoms. The maximum Gasteiger partial charge on any atom is 0.230 e. The maximum absolute atomic E-state index is 13.0. The van der Waals surface area contributed by atoms with Gasteiger partial charge in [0.2, 0.25) is 5.91 Å². The standard InChI is InChI=1S/C24H28N4O.ClH/c1-16-15-26-28(21-14-8-12-18-9-6-7-13-20(18)21)23(16)27-24(29)17(2)22(25)19-10-4-3-5-11-19;/h3-7,9-11,13,15,17,21-22H,8,12,14,25H2,1-2H3,(H,27,29);1H. The molecule has 4 rings (SSSR count). The summed E-state index contributed by atoms with van der Waals surface area (Å²) in [6, 6.07) is 18.1. The average Bonchev–Trinajstić information content (AvgIpc) is 3.12. The normalized spacial score (nSPS) is 17.4. The summed E-state index contributed by atoms with van der Waals surface area (Å²) in [5, 5.41) is 7.74. The monoisotopic (exact) mass is 424 g/mol. The molecule has 1 aliphatic rings. The van der Waals surface area contributed by atoms with Crippen molar-refractivity contribution in [2.75, 3.05) is 5.32 Å². The molecule has 30 heavy (non-hydrogen) atoms. The van der Waals surface area contributed by atoms with Crippen LogP contribution in [0.1, 0.15) is 54.1 Å². The minimum absolute atomic E-state index is 0. The van der Waals surface area contributed by atoms with Crippen molar-refractivity contribution >= 4 is 24.1 Å². The Hall–Kier alpha value is -2.63. The van der Waals surface area contributed by atoms with Gasteiger partial charge in [0, 0.05) is 11.6 Å². The molecule has 5 nitrogen and oxygen atoms in total. The lowest BCUT2D eigenvalue weighted by Crippen LogP contribution is -2.32. The summed E-state index contributed by atoms with van der Waals surface area (Å²) in [7, 11) is 0. The van der Waals surface area contributed by atoms with Gasteiger partial charge in [0.1, 0.15) is 5.82 Å². The molecule has 0 bridgehead atoms. The van der Waals surface area contributed by atoms with Gasteiger partial charge >= 0.3 is 0 Å². The molecule has 2 aromatic carbocycles. The van der Waals surface area contributed by atoms with Gasteiger partial charge < -0.3 is 11.1 Å². The van der Waals surface area contributed by atoms with E-state index in [4.69, 9.17) is 5.73 Å². The number of benzene rings is 2. The van der Waals surface area contributed by atoms with Crippen LogP contribution in [0.15, 0.2) is 60.8 Å². The third kappa shape index (κ3) is 4.27. The summed E-state index contributed by atoms with van der Waals surface area (Å²) < 4.78 is 1.98. The van der Waals surface area contributed by atoms with Crippen LogP contribution in [0.25, 0.3) is 0 Å². The van der Waals surface area contributed by atoms with Gasteiger partial charge in [0.25, 0.3) is 0 Å². The molecule has 0 saturated heterocycles. The predicted octanol–water partition coefficient (Wildman–Crippen LogP) is 4.81. The number of fused-ring (bicyclic) bond motifs is 1. The van der Waals surface area contributed by atoms with Crippen LogP contribution in [-0.2, 0) is 11.2 Å². The lowest BCUT2D eigenvalue weighted by atomic mass is 9.88. The van der Waals surface area contributed by atoms with Gasteiger partial charge in [-0.2, -0.15) is 5.10 Å².